The number of anilines is 1. The van der Waals surface area contributed by atoms with Gasteiger partial charge in [-0.05, 0) is 18.4 Å². The minimum atomic E-state index is -0.902. The van der Waals surface area contributed by atoms with Gasteiger partial charge in [-0.25, -0.2) is 25.3 Å². The van der Waals surface area contributed by atoms with Crippen LogP contribution in [0, 0.1) is 17.0 Å². The van der Waals surface area contributed by atoms with E-state index in [1.54, 1.807) is 17.6 Å². The van der Waals surface area contributed by atoms with Crippen molar-refractivity contribution in [2.24, 2.45) is 16.9 Å². The van der Waals surface area contributed by atoms with Gasteiger partial charge in [0.25, 0.3) is 5.82 Å². The average molecular weight is 431 g/mol. The molecule has 3 amide bonds. The van der Waals surface area contributed by atoms with Crippen LogP contribution < -0.4 is 15.5 Å². The molecule has 0 bridgehead atoms. The van der Waals surface area contributed by atoms with E-state index in [2.05, 4.69) is 10.4 Å². The molecule has 168 valence electrons. The zero-order valence-electron chi connectivity index (χ0n) is 17.6. The van der Waals surface area contributed by atoms with Crippen molar-refractivity contribution in [2.45, 2.75) is 64.3 Å². The van der Waals surface area contributed by atoms with Crippen LogP contribution in [0.1, 0.15) is 57.6 Å². The van der Waals surface area contributed by atoms with Crippen LogP contribution in [0.25, 0.3) is 0 Å². The van der Waals surface area contributed by atoms with Gasteiger partial charge >= 0.3 is 5.91 Å². The second kappa shape index (κ2) is 10.3. The SMILES string of the molecule is CCc1cccc(NC(=O)[C@@H]2CC=NN2C(=O)[C@@H](CC(=O)NO)CC2CCCC2)[n+]1[O-]. The Morgan fingerprint density at radius 2 is 2.06 bits per heavy atom. The van der Waals surface area contributed by atoms with Gasteiger partial charge in [0.15, 0.2) is 6.04 Å². The Morgan fingerprint density at radius 3 is 2.74 bits per heavy atom. The van der Waals surface area contributed by atoms with E-state index in [4.69, 9.17) is 5.21 Å². The number of pyridine rings is 1. The predicted octanol–water partition coefficient (Wildman–Crippen LogP) is 1.50. The highest BCUT2D eigenvalue weighted by molar-refractivity contribution is 5.99. The van der Waals surface area contributed by atoms with Crippen LogP contribution >= 0.6 is 0 Å². The van der Waals surface area contributed by atoms with Gasteiger partial charge in [0.2, 0.25) is 11.8 Å². The van der Waals surface area contributed by atoms with Crippen LogP contribution in [0.4, 0.5) is 5.82 Å². The number of rotatable bonds is 8. The number of carbonyl (C=O) groups is 3. The lowest BCUT2D eigenvalue weighted by molar-refractivity contribution is -0.598. The molecule has 2 heterocycles. The molecule has 0 radical (unpaired) electrons. The zero-order valence-corrected chi connectivity index (χ0v) is 17.6. The Hall–Kier alpha value is -3.01. The van der Waals surface area contributed by atoms with Crippen LogP contribution in [-0.4, -0.2) is 40.2 Å². The van der Waals surface area contributed by atoms with E-state index in [-0.39, 0.29) is 18.7 Å². The lowest BCUT2D eigenvalue weighted by Crippen LogP contribution is -2.47. The number of hydrogen-bond donors (Lipinski definition) is 3. The summed E-state index contributed by atoms with van der Waals surface area (Å²) in [6, 6.07) is 3.96. The lowest BCUT2D eigenvalue weighted by atomic mass is 9.89. The molecule has 1 aliphatic carbocycles. The monoisotopic (exact) mass is 431 g/mol. The molecule has 1 aromatic heterocycles. The molecular weight excluding hydrogens is 402 g/mol. The molecule has 0 aromatic carbocycles. The van der Waals surface area contributed by atoms with E-state index in [0.29, 0.717) is 29.2 Å². The van der Waals surface area contributed by atoms with Crippen molar-refractivity contribution in [2.75, 3.05) is 5.32 Å². The fourth-order valence-electron chi connectivity index (χ4n) is 4.32. The van der Waals surface area contributed by atoms with Gasteiger partial charge in [0.05, 0.1) is 0 Å². The Morgan fingerprint density at radius 1 is 1.32 bits per heavy atom. The molecule has 10 nitrogen and oxygen atoms in total. The van der Waals surface area contributed by atoms with Crippen molar-refractivity contribution >= 4 is 29.8 Å². The quantitative estimate of drug-likeness (QED) is 0.248. The van der Waals surface area contributed by atoms with Crippen LogP contribution in [0.15, 0.2) is 23.3 Å². The van der Waals surface area contributed by atoms with Crippen molar-refractivity contribution in [3.63, 3.8) is 0 Å². The first-order chi connectivity index (χ1) is 14.9. The summed E-state index contributed by atoms with van der Waals surface area (Å²) in [5, 5.41) is 29.0. The average Bonchev–Trinajstić information content (AvgIpc) is 3.46. The van der Waals surface area contributed by atoms with Gasteiger partial charge in [-0.1, -0.05) is 38.7 Å². The van der Waals surface area contributed by atoms with E-state index in [9.17, 15) is 19.6 Å². The second-order valence-electron chi connectivity index (χ2n) is 8.09. The molecule has 1 saturated carbocycles. The summed E-state index contributed by atoms with van der Waals surface area (Å²) in [6.45, 7) is 1.84. The molecule has 0 unspecified atom stereocenters. The van der Waals surface area contributed by atoms with Gasteiger partial charge in [-0.2, -0.15) is 5.10 Å². The Kier molecular flexibility index (Phi) is 7.56. The maximum atomic E-state index is 13.2. The van der Waals surface area contributed by atoms with Crippen molar-refractivity contribution in [3.8, 4) is 0 Å². The summed E-state index contributed by atoms with van der Waals surface area (Å²) in [5.74, 6) is -1.86. The zero-order chi connectivity index (χ0) is 22.4. The maximum absolute atomic E-state index is 13.2. The summed E-state index contributed by atoms with van der Waals surface area (Å²) in [4.78, 5) is 37.9. The van der Waals surface area contributed by atoms with Gasteiger partial charge in [0.1, 0.15) is 5.69 Å². The highest BCUT2D eigenvalue weighted by Crippen LogP contribution is 2.33. The normalized spacial score (nSPS) is 19.4. The van der Waals surface area contributed by atoms with Gasteiger partial charge in [-0.3, -0.25) is 14.8 Å². The molecule has 31 heavy (non-hydrogen) atoms. The number of amides is 3. The fourth-order valence-corrected chi connectivity index (χ4v) is 4.32. The summed E-state index contributed by atoms with van der Waals surface area (Å²) >= 11 is 0. The molecular formula is C21H29N5O5. The van der Waals surface area contributed by atoms with Crippen LogP contribution in [0.2, 0.25) is 0 Å². The fraction of sp³-hybridized carbons (Fsp3) is 0.571. The molecule has 1 fully saturated rings. The van der Waals surface area contributed by atoms with E-state index in [1.807, 2.05) is 6.92 Å². The van der Waals surface area contributed by atoms with Crippen LogP contribution in [0.3, 0.4) is 0 Å². The van der Waals surface area contributed by atoms with E-state index in [1.165, 1.54) is 12.3 Å². The number of nitrogens with one attached hydrogen (secondary N) is 2. The van der Waals surface area contributed by atoms with Crippen molar-refractivity contribution in [1.82, 2.24) is 10.5 Å². The third-order valence-corrected chi connectivity index (χ3v) is 5.99. The highest BCUT2D eigenvalue weighted by Gasteiger charge is 2.40. The highest BCUT2D eigenvalue weighted by atomic mass is 16.5. The van der Waals surface area contributed by atoms with Gasteiger partial charge in [-0.15, -0.1) is 0 Å². The number of hydrogen-bond acceptors (Lipinski definition) is 6. The first-order valence-electron chi connectivity index (χ1n) is 10.7. The third-order valence-electron chi connectivity index (χ3n) is 5.99. The van der Waals surface area contributed by atoms with E-state index < -0.39 is 29.7 Å². The number of nitrogens with zero attached hydrogens (tertiary/aromatic N) is 3. The lowest BCUT2D eigenvalue weighted by Gasteiger charge is -2.26. The molecule has 2 atom stereocenters. The number of hydroxylamine groups is 1. The molecule has 1 aliphatic heterocycles. The standard InChI is InChI=1S/C21H29N5O5/c1-2-16-8-5-9-18(26(16)31)23-20(28)17-10-11-22-25(17)21(29)15(13-19(27)24-30)12-14-6-3-4-7-14/h5,8-9,11,14-15,17,30H,2-4,6-7,10,12-13H2,1H3,(H,23,28)(H,24,27)/t15-,17+/m1/s1. The molecule has 0 spiro atoms. The van der Waals surface area contributed by atoms with E-state index in [0.717, 1.165) is 30.7 Å². The minimum Gasteiger partial charge on any atom is -0.710 e. The summed E-state index contributed by atoms with van der Waals surface area (Å²) in [6.07, 6.45) is 6.72. The minimum absolute atomic E-state index is 0.0887. The smallest absolute Gasteiger partial charge is 0.332 e. The first kappa shape index (κ1) is 22.7. The van der Waals surface area contributed by atoms with E-state index >= 15 is 0 Å². The summed E-state index contributed by atoms with van der Waals surface area (Å²) in [5.41, 5.74) is 2.10. The molecule has 1 aromatic rings. The molecule has 0 saturated heterocycles. The molecule has 3 N–H and O–H groups in total. The Bertz CT molecular complexity index is 853. The maximum Gasteiger partial charge on any atom is 0.332 e. The van der Waals surface area contributed by atoms with Crippen molar-refractivity contribution in [3.05, 3.63) is 29.1 Å². The molecule has 10 heteroatoms. The van der Waals surface area contributed by atoms with Crippen molar-refractivity contribution in [1.29, 1.82) is 0 Å². The predicted molar refractivity (Wildman–Crippen MR) is 112 cm³/mol. The Balaban J connectivity index is 1.73. The van der Waals surface area contributed by atoms with Crippen LogP contribution in [0.5, 0.6) is 0 Å². The summed E-state index contributed by atoms with van der Waals surface area (Å²) in [7, 11) is 0. The Labute approximate surface area is 180 Å². The number of aromatic nitrogens is 1. The summed E-state index contributed by atoms with van der Waals surface area (Å²) < 4.78 is 0.661. The molecule has 3 rings (SSSR count). The first-order valence-corrected chi connectivity index (χ1v) is 10.7. The second-order valence-corrected chi connectivity index (χ2v) is 8.09. The largest absolute Gasteiger partial charge is 0.710 e. The molecule has 2 aliphatic rings. The van der Waals surface area contributed by atoms with Crippen molar-refractivity contribution < 1.29 is 24.3 Å². The number of aryl methyl sites for hydroxylation is 1. The van der Waals surface area contributed by atoms with Gasteiger partial charge in [0, 0.05) is 37.5 Å². The van der Waals surface area contributed by atoms with Crippen LogP contribution in [-0.2, 0) is 20.8 Å². The van der Waals surface area contributed by atoms with Gasteiger partial charge < -0.3 is 5.21 Å². The topological polar surface area (TPSA) is 138 Å². The number of hydrazone groups is 1. The third kappa shape index (κ3) is 5.38. The number of carbonyl (C=O) groups excluding carboxylic acids is 3.